The quantitative estimate of drug-likeness (QED) is 0.423. The van der Waals surface area contributed by atoms with Gasteiger partial charge in [0, 0.05) is 4.47 Å². The summed E-state index contributed by atoms with van der Waals surface area (Å²) in [6, 6.07) is 24.0. The van der Waals surface area contributed by atoms with Gasteiger partial charge in [0.25, 0.3) is 0 Å². The molecule has 0 saturated carbocycles. The van der Waals surface area contributed by atoms with E-state index in [0.29, 0.717) is 0 Å². The maximum atomic E-state index is 3.49. The van der Waals surface area contributed by atoms with E-state index in [0.717, 1.165) is 10.9 Å². The van der Waals surface area contributed by atoms with Crippen LogP contribution in [0.15, 0.2) is 71.2 Å². The molecule has 0 nitrogen and oxygen atoms in total. The van der Waals surface area contributed by atoms with Crippen LogP contribution >= 0.6 is 15.9 Å². The van der Waals surface area contributed by atoms with Gasteiger partial charge >= 0.3 is 0 Å². The van der Waals surface area contributed by atoms with Crippen molar-refractivity contribution in [1.82, 2.24) is 0 Å². The van der Waals surface area contributed by atoms with Crippen molar-refractivity contribution >= 4 is 15.9 Å². The molecule has 0 atom stereocenters. The first-order valence-electron chi connectivity index (χ1n) is 6.78. The molecule has 1 aliphatic rings. The summed E-state index contributed by atoms with van der Waals surface area (Å²) in [5.41, 5.74) is 8.23. The van der Waals surface area contributed by atoms with E-state index in [9.17, 15) is 0 Å². The van der Waals surface area contributed by atoms with E-state index >= 15 is 0 Å². The molecule has 20 heavy (non-hydrogen) atoms. The summed E-state index contributed by atoms with van der Waals surface area (Å²) in [6.07, 6.45) is 1.05. The fourth-order valence-corrected chi connectivity index (χ4v) is 3.23. The van der Waals surface area contributed by atoms with Crippen LogP contribution in [0.4, 0.5) is 0 Å². The number of fused-ring (bicyclic) bond motifs is 3. The monoisotopic (exact) mass is 320 g/mol. The number of hydrogen-bond donors (Lipinski definition) is 0. The molecule has 96 valence electrons. The molecule has 0 heterocycles. The van der Waals surface area contributed by atoms with Gasteiger partial charge in [-0.15, -0.1) is 0 Å². The normalized spacial score (nSPS) is 12.1. The molecule has 3 aromatic rings. The smallest absolute Gasteiger partial charge is 0.0175 e. The molecule has 0 aromatic heterocycles. The van der Waals surface area contributed by atoms with Crippen LogP contribution in [0.3, 0.4) is 0 Å². The zero-order valence-corrected chi connectivity index (χ0v) is 12.5. The molecule has 3 aromatic carbocycles. The molecular formula is C19H13Br. The van der Waals surface area contributed by atoms with E-state index in [1.54, 1.807) is 0 Å². The van der Waals surface area contributed by atoms with Gasteiger partial charge in [0.05, 0.1) is 0 Å². The predicted molar refractivity (Wildman–Crippen MR) is 87.8 cm³/mol. The standard InChI is InChI=1S/C19H13Br/c20-17-8-5-13(6-9-17)14-7-10-19-16(11-14)12-15-3-1-2-4-18(15)19/h1-11H,12H2. The van der Waals surface area contributed by atoms with Gasteiger partial charge in [-0.1, -0.05) is 70.5 Å². The summed E-state index contributed by atoms with van der Waals surface area (Å²) in [6.45, 7) is 0. The molecule has 0 saturated heterocycles. The summed E-state index contributed by atoms with van der Waals surface area (Å²) in [7, 11) is 0. The maximum absolute atomic E-state index is 3.49. The van der Waals surface area contributed by atoms with Gasteiger partial charge in [-0.05, 0) is 51.9 Å². The molecule has 0 aliphatic heterocycles. The minimum Gasteiger partial charge on any atom is -0.0619 e. The predicted octanol–water partition coefficient (Wildman–Crippen LogP) is 5.69. The summed E-state index contributed by atoms with van der Waals surface area (Å²) in [5, 5.41) is 0. The topological polar surface area (TPSA) is 0 Å². The van der Waals surface area contributed by atoms with Crippen LogP contribution in [0.5, 0.6) is 0 Å². The SMILES string of the molecule is Brc1ccc(-c2ccc3c(c2)Cc2ccccc2-3)cc1. The molecule has 0 bridgehead atoms. The van der Waals surface area contributed by atoms with Crippen molar-refractivity contribution in [3.63, 3.8) is 0 Å². The Morgan fingerprint density at radius 1 is 0.650 bits per heavy atom. The van der Waals surface area contributed by atoms with Crippen LogP contribution in [0, 0.1) is 0 Å². The van der Waals surface area contributed by atoms with Crippen molar-refractivity contribution in [2.45, 2.75) is 6.42 Å². The van der Waals surface area contributed by atoms with Gasteiger partial charge in [-0.2, -0.15) is 0 Å². The van der Waals surface area contributed by atoms with Crippen LogP contribution in [0.1, 0.15) is 11.1 Å². The third-order valence-electron chi connectivity index (χ3n) is 3.97. The highest BCUT2D eigenvalue weighted by Crippen LogP contribution is 2.38. The summed E-state index contributed by atoms with van der Waals surface area (Å²) < 4.78 is 1.12. The Kier molecular flexibility index (Phi) is 2.75. The Balaban J connectivity index is 1.80. The summed E-state index contributed by atoms with van der Waals surface area (Å²) >= 11 is 3.49. The van der Waals surface area contributed by atoms with E-state index in [1.165, 1.54) is 33.4 Å². The molecule has 0 unspecified atom stereocenters. The zero-order chi connectivity index (χ0) is 13.5. The largest absolute Gasteiger partial charge is 0.0619 e. The van der Waals surface area contributed by atoms with Gasteiger partial charge in [0.2, 0.25) is 0 Å². The van der Waals surface area contributed by atoms with Crippen molar-refractivity contribution in [1.29, 1.82) is 0 Å². The first-order chi connectivity index (χ1) is 9.81. The Hall–Kier alpha value is -1.86. The Morgan fingerprint density at radius 3 is 2.20 bits per heavy atom. The minimum absolute atomic E-state index is 1.05. The lowest BCUT2D eigenvalue weighted by Gasteiger charge is -2.06. The van der Waals surface area contributed by atoms with E-state index in [2.05, 4.69) is 82.7 Å². The van der Waals surface area contributed by atoms with Crippen LogP contribution < -0.4 is 0 Å². The zero-order valence-electron chi connectivity index (χ0n) is 10.9. The van der Waals surface area contributed by atoms with Crippen molar-refractivity contribution in [2.75, 3.05) is 0 Å². The second kappa shape index (κ2) is 4.60. The molecule has 1 heteroatoms. The molecule has 4 rings (SSSR count). The number of rotatable bonds is 1. The third-order valence-corrected chi connectivity index (χ3v) is 4.50. The van der Waals surface area contributed by atoms with E-state index in [4.69, 9.17) is 0 Å². The fraction of sp³-hybridized carbons (Fsp3) is 0.0526. The van der Waals surface area contributed by atoms with Gasteiger partial charge in [-0.25, -0.2) is 0 Å². The molecule has 0 N–H and O–H groups in total. The average molecular weight is 321 g/mol. The van der Waals surface area contributed by atoms with Gasteiger partial charge in [-0.3, -0.25) is 0 Å². The lowest BCUT2D eigenvalue weighted by molar-refractivity contribution is 1.26. The fourth-order valence-electron chi connectivity index (χ4n) is 2.97. The van der Waals surface area contributed by atoms with Crippen LogP contribution in [-0.2, 0) is 6.42 Å². The number of benzene rings is 3. The molecule has 0 radical (unpaired) electrons. The van der Waals surface area contributed by atoms with E-state index in [1.807, 2.05) is 0 Å². The average Bonchev–Trinajstić information content (AvgIpc) is 2.85. The van der Waals surface area contributed by atoms with Crippen molar-refractivity contribution in [3.05, 3.63) is 82.3 Å². The lowest BCUT2D eigenvalue weighted by atomic mass is 9.99. The van der Waals surface area contributed by atoms with Crippen molar-refractivity contribution < 1.29 is 0 Å². The molecule has 0 amide bonds. The lowest BCUT2D eigenvalue weighted by Crippen LogP contribution is -1.83. The highest BCUT2D eigenvalue weighted by atomic mass is 79.9. The highest BCUT2D eigenvalue weighted by Gasteiger charge is 2.17. The summed E-state index contributed by atoms with van der Waals surface area (Å²) in [4.78, 5) is 0. The summed E-state index contributed by atoms with van der Waals surface area (Å²) in [5.74, 6) is 0. The minimum atomic E-state index is 1.05. The second-order valence-electron chi connectivity index (χ2n) is 5.21. The molecule has 0 spiro atoms. The molecular weight excluding hydrogens is 308 g/mol. The van der Waals surface area contributed by atoms with Crippen molar-refractivity contribution in [2.24, 2.45) is 0 Å². The van der Waals surface area contributed by atoms with Crippen LogP contribution in [0.25, 0.3) is 22.3 Å². The van der Waals surface area contributed by atoms with Crippen molar-refractivity contribution in [3.8, 4) is 22.3 Å². The Morgan fingerprint density at radius 2 is 1.35 bits per heavy atom. The molecule has 0 fully saturated rings. The highest BCUT2D eigenvalue weighted by molar-refractivity contribution is 9.10. The maximum Gasteiger partial charge on any atom is 0.0175 e. The van der Waals surface area contributed by atoms with Crippen LogP contribution in [0.2, 0.25) is 0 Å². The number of hydrogen-bond acceptors (Lipinski definition) is 0. The molecule has 1 aliphatic carbocycles. The first kappa shape index (κ1) is 11.9. The van der Waals surface area contributed by atoms with Gasteiger partial charge in [0.1, 0.15) is 0 Å². The Bertz CT molecular complexity index is 785. The Labute approximate surface area is 127 Å². The van der Waals surface area contributed by atoms with E-state index < -0.39 is 0 Å². The first-order valence-corrected chi connectivity index (χ1v) is 7.58. The van der Waals surface area contributed by atoms with Crippen LogP contribution in [-0.4, -0.2) is 0 Å². The van der Waals surface area contributed by atoms with Gasteiger partial charge in [0.15, 0.2) is 0 Å². The number of halogens is 1. The second-order valence-corrected chi connectivity index (χ2v) is 6.13. The van der Waals surface area contributed by atoms with Gasteiger partial charge < -0.3 is 0 Å². The third kappa shape index (κ3) is 1.90. The van der Waals surface area contributed by atoms with E-state index in [-0.39, 0.29) is 0 Å².